The number of thiazole rings is 1. The summed E-state index contributed by atoms with van der Waals surface area (Å²) in [6.07, 6.45) is 2.49. The van der Waals surface area contributed by atoms with Crippen LogP contribution in [-0.4, -0.2) is 30.5 Å². The number of hydrogen-bond acceptors (Lipinski definition) is 4. The number of benzene rings is 2. The molecule has 1 heterocycles. The monoisotopic (exact) mass is 553 g/mol. The largest absolute Gasteiger partial charge is 0.491 e. The highest BCUT2D eigenvalue weighted by Crippen LogP contribution is 2.32. The van der Waals surface area contributed by atoms with Crippen molar-refractivity contribution in [3.05, 3.63) is 48.0 Å². The van der Waals surface area contributed by atoms with Crippen molar-refractivity contribution in [2.45, 2.75) is 96.5 Å². The molecule has 1 unspecified atom stereocenters. The van der Waals surface area contributed by atoms with Gasteiger partial charge >= 0.3 is 6.18 Å². The SMILES string of the molecule is CCCCCCC(F)COc1ccc2nc(-c3ccc(COCCCCCCCC(F)(F)F)cc3)sc2c1. The lowest BCUT2D eigenvalue weighted by molar-refractivity contribution is -0.135. The summed E-state index contributed by atoms with van der Waals surface area (Å²) in [5.74, 6) is 0.665. The van der Waals surface area contributed by atoms with Crippen molar-refractivity contribution >= 4 is 21.6 Å². The maximum absolute atomic E-state index is 14.1. The number of unbranched alkanes of at least 4 members (excludes halogenated alkanes) is 7. The number of alkyl halides is 4. The minimum Gasteiger partial charge on any atom is -0.491 e. The fraction of sp³-hybridized carbons (Fsp3) is 0.567. The van der Waals surface area contributed by atoms with Crippen molar-refractivity contribution in [3.8, 4) is 16.3 Å². The summed E-state index contributed by atoms with van der Waals surface area (Å²) in [6, 6.07) is 13.8. The van der Waals surface area contributed by atoms with Crippen LogP contribution in [0.1, 0.15) is 83.1 Å². The van der Waals surface area contributed by atoms with Crippen LogP contribution in [0, 0.1) is 0 Å². The quantitative estimate of drug-likeness (QED) is 0.116. The van der Waals surface area contributed by atoms with Gasteiger partial charge in [-0.25, -0.2) is 9.37 Å². The lowest BCUT2D eigenvalue weighted by atomic mass is 10.1. The Hall–Kier alpha value is -2.19. The van der Waals surface area contributed by atoms with Gasteiger partial charge in [0.05, 0.1) is 16.8 Å². The van der Waals surface area contributed by atoms with Crippen LogP contribution in [0.25, 0.3) is 20.8 Å². The molecule has 3 nitrogen and oxygen atoms in total. The number of halogens is 4. The van der Waals surface area contributed by atoms with Crippen LogP contribution in [0.4, 0.5) is 17.6 Å². The van der Waals surface area contributed by atoms with Gasteiger partial charge < -0.3 is 9.47 Å². The third-order valence-corrected chi connectivity index (χ3v) is 7.45. The van der Waals surface area contributed by atoms with Gasteiger partial charge in [0.15, 0.2) is 0 Å². The maximum atomic E-state index is 14.1. The van der Waals surface area contributed by atoms with Gasteiger partial charge in [-0.2, -0.15) is 13.2 Å². The predicted molar refractivity (Wildman–Crippen MR) is 148 cm³/mol. The van der Waals surface area contributed by atoms with Crippen molar-refractivity contribution in [2.24, 2.45) is 0 Å². The van der Waals surface area contributed by atoms with E-state index in [2.05, 4.69) is 6.92 Å². The maximum Gasteiger partial charge on any atom is 0.389 e. The second kappa shape index (κ2) is 16.0. The summed E-state index contributed by atoms with van der Waals surface area (Å²) in [7, 11) is 0. The Morgan fingerprint density at radius 1 is 0.895 bits per heavy atom. The molecule has 1 atom stereocenters. The fourth-order valence-electron chi connectivity index (χ4n) is 4.17. The second-order valence-electron chi connectivity index (χ2n) is 9.79. The van der Waals surface area contributed by atoms with Gasteiger partial charge in [-0.05, 0) is 43.0 Å². The van der Waals surface area contributed by atoms with E-state index in [1.807, 2.05) is 42.5 Å². The third kappa shape index (κ3) is 11.3. The molecule has 210 valence electrons. The molecular formula is C30H39F4NO2S. The lowest BCUT2D eigenvalue weighted by Crippen LogP contribution is -2.12. The van der Waals surface area contributed by atoms with Crippen LogP contribution in [0.3, 0.4) is 0 Å². The van der Waals surface area contributed by atoms with Gasteiger partial charge in [0.25, 0.3) is 0 Å². The van der Waals surface area contributed by atoms with Crippen LogP contribution in [0.2, 0.25) is 0 Å². The first-order chi connectivity index (χ1) is 18.3. The molecule has 0 saturated carbocycles. The summed E-state index contributed by atoms with van der Waals surface area (Å²) in [5, 5.41) is 0.912. The zero-order valence-corrected chi connectivity index (χ0v) is 23.0. The van der Waals surface area contributed by atoms with Gasteiger partial charge in [-0.15, -0.1) is 11.3 Å². The number of fused-ring (bicyclic) bond motifs is 1. The summed E-state index contributed by atoms with van der Waals surface area (Å²) >= 11 is 1.58. The van der Waals surface area contributed by atoms with E-state index in [1.165, 1.54) is 0 Å². The number of aromatic nitrogens is 1. The zero-order valence-electron chi connectivity index (χ0n) is 22.2. The molecule has 0 bridgehead atoms. The van der Waals surface area contributed by atoms with E-state index < -0.39 is 18.8 Å². The topological polar surface area (TPSA) is 31.4 Å². The average Bonchev–Trinajstić information content (AvgIpc) is 3.32. The van der Waals surface area contributed by atoms with Crippen LogP contribution in [-0.2, 0) is 11.3 Å². The van der Waals surface area contributed by atoms with Crippen LogP contribution in [0.15, 0.2) is 42.5 Å². The van der Waals surface area contributed by atoms with Crippen molar-refractivity contribution in [2.75, 3.05) is 13.2 Å². The molecule has 3 rings (SSSR count). The fourth-order valence-corrected chi connectivity index (χ4v) is 5.17. The normalized spacial score (nSPS) is 12.8. The zero-order chi connectivity index (χ0) is 27.2. The Kier molecular flexibility index (Phi) is 12.8. The van der Waals surface area contributed by atoms with E-state index in [0.29, 0.717) is 31.8 Å². The molecule has 0 aliphatic rings. The van der Waals surface area contributed by atoms with Crippen LogP contribution >= 0.6 is 11.3 Å². The summed E-state index contributed by atoms with van der Waals surface area (Å²) in [4.78, 5) is 4.73. The number of nitrogens with zero attached hydrogens (tertiary/aromatic N) is 1. The van der Waals surface area contributed by atoms with E-state index >= 15 is 0 Å². The third-order valence-electron chi connectivity index (χ3n) is 6.38. The number of rotatable bonds is 18. The molecule has 1 aromatic heterocycles. The molecule has 0 aliphatic carbocycles. The van der Waals surface area contributed by atoms with Crippen molar-refractivity contribution in [3.63, 3.8) is 0 Å². The average molecular weight is 554 g/mol. The number of hydrogen-bond donors (Lipinski definition) is 0. The molecule has 8 heteroatoms. The minimum atomic E-state index is -4.04. The Labute approximate surface area is 227 Å². The first kappa shape index (κ1) is 30.4. The Bertz CT molecular complexity index is 1070. The second-order valence-corrected chi connectivity index (χ2v) is 10.8. The van der Waals surface area contributed by atoms with Crippen molar-refractivity contribution < 1.29 is 27.0 Å². The molecule has 0 spiro atoms. The van der Waals surface area contributed by atoms with E-state index in [0.717, 1.165) is 71.3 Å². The molecule has 0 aliphatic heterocycles. The highest BCUT2D eigenvalue weighted by molar-refractivity contribution is 7.21. The molecule has 2 aromatic carbocycles. The molecule has 0 amide bonds. The van der Waals surface area contributed by atoms with Gasteiger partial charge in [-0.3, -0.25) is 0 Å². The van der Waals surface area contributed by atoms with Gasteiger partial charge in [0.1, 0.15) is 23.5 Å². The van der Waals surface area contributed by atoms with Crippen molar-refractivity contribution in [1.82, 2.24) is 4.98 Å². The molecule has 0 N–H and O–H groups in total. The Morgan fingerprint density at radius 3 is 2.39 bits per heavy atom. The summed E-state index contributed by atoms with van der Waals surface area (Å²) in [6.45, 7) is 3.33. The summed E-state index contributed by atoms with van der Waals surface area (Å²) in [5.41, 5.74) is 2.97. The minimum absolute atomic E-state index is 0.0782. The Balaban J connectivity index is 1.38. The molecular weight excluding hydrogens is 514 g/mol. The Morgan fingerprint density at radius 2 is 1.63 bits per heavy atom. The van der Waals surface area contributed by atoms with Crippen molar-refractivity contribution in [1.29, 1.82) is 0 Å². The van der Waals surface area contributed by atoms with Gasteiger partial charge in [0, 0.05) is 18.6 Å². The first-order valence-electron chi connectivity index (χ1n) is 13.8. The van der Waals surface area contributed by atoms with E-state index in [-0.39, 0.29) is 13.0 Å². The van der Waals surface area contributed by atoms with Gasteiger partial charge in [0.2, 0.25) is 0 Å². The molecule has 0 saturated heterocycles. The first-order valence-corrected chi connectivity index (χ1v) is 14.6. The van der Waals surface area contributed by atoms with Crippen LogP contribution in [0.5, 0.6) is 5.75 Å². The highest BCUT2D eigenvalue weighted by atomic mass is 32.1. The smallest absolute Gasteiger partial charge is 0.389 e. The molecule has 38 heavy (non-hydrogen) atoms. The van der Waals surface area contributed by atoms with E-state index in [1.54, 1.807) is 11.3 Å². The molecule has 0 fully saturated rings. The summed E-state index contributed by atoms with van der Waals surface area (Å²) < 4.78 is 62.9. The standard InChI is InChI=1S/C30H39F4NO2S/c1-2-3-4-8-11-25(31)22-37-26-16-17-27-28(20-26)38-29(35-27)24-14-12-23(13-15-24)21-36-19-10-7-5-6-9-18-30(32,33)34/h12-17,20,25H,2-11,18-19,21-22H2,1H3. The lowest BCUT2D eigenvalue weighted by Gasteiger charge is -2.10. The van der Waals surface area contributed by atoms with E-state index in [4.69, 9.17) is 14.5 Å². The number of ether oxygens (including phenoxy) is 2. The van der Waals surface area contributed by atoms with Crippen LogP contribution < -0.4 is 4.74 Å². The predicted octanol–water partition coefficient (Wildman–Crippen LogP) is 10.1. The highest BCUT2D eigenvalue weighted by Gasteiger charge is 2.25. The molecule has 3 aromatic rings. The molecule has 0 radical (unpaired) electrons. The van der Waals surface area contributed by atoms with Gasteiger partial charge in [-0.1, -0.05) is 76.1 Å². The van der Waals surface area contributed by atoms with E-state index in [9.17, 15) is 17.6 Å².